The van der Waals surface area contributed by atoms with Crippen molar-refractivity contribution in [2.24, 2.45) is 0 Å². The first-order valence-electron chi connectivity index (χ1n) is 6.59. The summed E-state index contributed by atoms with van der Waals surface area (Å²) >= 11 is 1.43. The minimum Gasteiger partial charge on any atom is -0.370 e. The molecule has 2 rings (SSSR count). The maximum Gasteiger partial charge on any atom is 0.214 e. The highest BCUT2D eigenvalue weighted by molar-refractivity contribution is 7.99. The molecule has 0 atom stereocenters. The predicted octanol–water partition coefficient (Wildman–Crippen LogP) is 2.78. The Bertz CT molecular complexity index is 587. The van der Waals surface area contributed by atoms with Gasteiger partial charge in [-0.15, -0.1) is 5.10 Å². The Morgan fingerprint density at radius 1 is 1.25 bits per heavy atom. The van der Waals surface area contributed by atoms with E-state index in [0.29, 0.717) is 5.16 Å². The Morgan fingerprint density at radius 3 is 2.55 bits per heavy atom. The van der Waals surface area contributed by atoms with Gasteiger partial charge in [0.05, 0.1) is 0 Å². The van der Waals surface area contributed by atoms with Crippen LogP contribution in [0.5, 0.6) is 0 Å². The fourth-order valence-electron chi connectivity index (χ4n) is 1.55. The van der Waals surface area contributed by atoms with Gasteiger partial charge in [-0.25, -0.2) is 15.0 Å². The average Bonchev–Trinajstić information content (AvgIpc) is 2.74. The number of hydrogen-bond donors (Lipinski definition) is 2. The molecule has 0 aliphatic carbocycles. The van der Waals surface area contributed by atoms with Gasteiger partial charge in [-0.2, -0.15) is 0 Å². The third-order valence-electron chi connectivity index (χ3n) is 2.50. The lowest BCUT2D eigenvalue weighted by molar-refractivity contribution is 0.539. The molecule has 2 aromatic rings. The Balaban J connectivity index is 2.33. The van der Waals surface area contributed by atoms with E-state index in [1.54, 1.807) is 0 Å². The van der Waals surface area contributed by atoms with Crippen molar-refractivity contribution in [3.05, 3.63) is 17.7 Å². The summed E-state index contributed by atoms with van der Waals surface area (Å²) in [5.41, 5.74) is -0.102. The highest BCUT2D eigenvalue weighted by Gasteiger charge is 2.19. The first-order valence-corrected chi connectivity index (χ1v) is 7.40. The number of nitrogens with one attached hydrogen (secondary N) is 2. The zero-order valence-corrected chi connectivity index (χ0v) is 13.3. The first-order chi connectivity index (χ1) is 9.38. The minimum atomic E-state index is -0.102. The largest absolute Gasteiger partial charge is 0.370 e. The second-order valence-corrected chi connectivity index (χ2v) is 6.49. The van der Waals surface area contributed by atoms with Gasteiger partial charge in [0.1, 0.15) is 22.5 Å². The van der Waals surface area contributed by atoms with Crippen LogP contribution in [0.4, 0.5) is 5.82 Å². The molecule has 0 unspecified atom stereocenters. The number of hydrogen-bond acceptors (Lipinski definition) is 6. The van der Waals surface area contributed by atoms with Crippen molar-refractivity contribution in [2.75, 3.05) is 11.9 Å². The average molecular weight is 292 g/mol. The van der Waals surface area contributed by atoms with Gasteiger partial charge in [-0.1, -0.05) is 20.8 Å². The highest BCUT2D eigenvalue weighted by atomic mass is 32.2. The summed E-state index contributed by atoms with van der Waals surface area (Å²) in [7, 11) is 0. The molecule has 0 saturated carbocycles. The first kappa shape index (κ1) is 14.8. The number of aromatic nitrogens is 5. The Labute approximate surface area is 123 Å². The summed E-state index contributed by atoms with van der Waals surface area (Å²) in [5, 5.41) is 11.7. The monoisotopic (exact) mass is 292 g/mol. The summed E-state index contributed by atoms with van der Waals surface area (Å²) in [6.07, 6.45) is 0. The smallest absolute Gasteiger partial charge is 0.214 e. The number of H-pyrrole nitrogens is 1. The summed E-state index contributed by atoms with van der Waals surface area (Å²) < 4.78 is 0. The molecule has 0 spiro atoms. The minimum absolute atomic E-state index is 0.102. The van der Waals surface area contributed by atoms with Crippen LogP contribution in [0.15, 0.2) is 16.2 Å². The predicted molar refractivity (Wildman–Crippen MR) is 80.1 cm³/mol. The Morgan fingerprint density at radius 2 is 2.00 bits per heavy atom. The number of aryl methyl sites for hydroxylation is 1. The van der Waals surface area contributed by atoms with Crippen LogP contribution < -0.4 is 5.32 Å². The van der Waals surface area contributed by atoms with E-state index < -0.39 is 0 Å². The van der Waals surface area contributed by atoms with E-state index in [9.17, 15) is 0 Å². The van der Waals surface area contributed by atoms with Gasteiger partial charge in [0.25, 0.3) is 0 Å². The molecular weight excluding hydrogens is 272 g/mol. The van der Waals surface area contributed by atoms with Crippen molar-refractivity contribution in [1.82, 2.24) is 25.1 Å². The fraction of sp³-hybridized carbons (Fsp3) is 0.538. The normalized spacial score (nSPS) is 11.7. The van der Waals surface area contributed by atoms with E-state index in [1.165, 1.54) is 11.8 Å². The van der Waals surface area contributed by atoms with Crippen molar-refractivity contribution in [3.8, 4) is 0 Å². The summed E-state index contributed by atoms with van der Waals surface area (Å²) in [5.74, 6) is 2.44. The van der Waals surface area contributed by atoms with Gasteiger partial charge in [0.2, 0.25) is 5.16 Å². The van der Waals surface area contributed by atoms with Crippen molar-refractivity contribution < 1.29 is 0 Å². The SMILES string of the molecule is CCNc1cc(Sc2n[nH]c(C)n2)nc(C(C)(C)C)n1. The zero-order valence-electron chi connectivity index (χ0n) is 12.5. The van der Waals surface area contributed by atoms with Crippen LogP contribution in [-0.2, 0) is 5.41 Å². The van der Waals surface area contributed by atoms with E-state index in [4.69, 9.17) is 0 Å². The van der Waals surface area contributed by atoms with Gasteiger partial charge in [-0.05, 0) is 25.6 Å². The van der Waals surface area contributed by atoms with Gasteiger partial charge >= 0.3 is 0 Å². The van der Waals surface area contributed by atoms with Crippen LogP contribution in [0, 0.1) is 6.92 Å². The molecule has 2 N–H and O–H groups in total. The van der Waals surface area contributed by atoms with Crippen LogP contribution in [0.25, 0.3) is 0 Å². The lowest BCUT2D eigenvalue weighted by Gasteiger charge is -2.18. The standard InChI is InChI=1S/C13H20N6S/c1-6-14-9-7-10(17-11(16-9)13(3,4)5)20-12-15-8(2)18-19-12/h7H,6H2,1-5H3,(H,14,16,17)(H,15,18,19). The molecule has 0 amide bonds. The van der Waals surface area contributed by atoms with E-state index in [-0.39, 0.29) is 5.41 Å². The van der Waals surface area contributed by atoms with Crippen LogP contribution >= 0.6 is 11.8 Å². The molecule has 0 fully saturated rings. The van der Waals surface area contributed by atoms with Gasteiger partial charge in [-0.3, -0.25) is 5.10 Å². The maximum absolute atomic E-state index is 4.61. The van der Waals surface area contributed by atoms with Crippen molar-refractivity contribution in [3.63, 3.8) is 0 Å². The number of anilines is 1. The van der Waals surface area contributed by atoms with E-state index >= 15 is 0 Å². The van der Waals surface area contributed by atoms with Crippen molar-refractivity contribution >= 4 is 17.6 Å². The molecular formula is C13H20N6S. The van der Waals surface area contributed by atoms with E-state index in [1.807, 2.05) is 19.9 Å². The summed E-state index contributed by atoms with van der Waals surface area (Å²) in [6.45, 7) is 11.0. The molecule has 0 radical (unpaired) electrons. The molecule has 6 nitrogen and oxygen atoms in total. The van der Waals surface area contributed by atoms with E-state index in [2.05, 4.69) is 51.2 Å². The second kappa shape index (κ2) is 5.78. The molecule has 20 heavy (non-hydrogen) atoms. The fourth-order valence-corrected chi connectivity index (χ4v) is 2.31. The third-order valence-corrected chi connectivity index (χ3v) is 3.29. The summed E-state index contributed by atoms with van der Waals surface area (Å²) in [4.78, 5) is 13.5. The number of rotatable bonds is 4. The lowest BCUT2D eigenvalue weighted by Crippen LogP contribution is -2.17. The lowest BCUT2D eigenvalue weighted by atomic mass is 9.96. The zero-order chi connectivity index (χ0) is 14.8. The number of aromatic amines is 1. The van der Waals surface area contributed by atoms with Crippen molar-refractivity contribution in [1.29, 1.82) is 0 Å². The third kappa shape index (κ3) is 3.69. The molecule has 0 aromatic carbocycles. The van der Waals surface area contributed by atoms with Gasteiger partial charge in [0.15, 0.2) is 0 Å². The van der Waals surface area contributed by atoms with Crippen LogP contribution in [-0.4, -0.2) is 31.7 Å². The molecule has 2 heterocycles. The topological polar surface area (TPSA) is 79.4 Å². The molecule has 0 bridgehead atoms. The van der Waals surface area contributed by atoms with E-state index in [0.717, 1.165) is 29.0 Å². The van der Waals surface area contributed by atoms with Gasteiger partial charge < -0.3 is 5.32 Å². The van der Waals surface area contributed by atoms with Crippen LogP contribution in [0.2, 0.25) is 0 Å². The molecule has 0 aliphatic rings. The molecule has 2 aromatic heterocycles. The Hall–Kier alpha value is -1.63. The van der Waals surface area contributed by atoms with Crippen LogP contribution in [0.3, 0.4) is 0 Å². The summed E-state index contributed by atoms with van der Waals surface area (Å²) in [6, 6.07) is 1.93. The molecule has 0 aliphatic heterocycles. The highest BCUT2D eigenvalue weighted by Crippen LogP contribution is 2.28. The maximum atomic E-state index is 4.61. The Kier molecular flexibility index (Phi) is 4.27. The molecule has 108 valence electrons. The van der Waals surface area contributed by atoms with Crippen LogP contribution in [0.1, 0.15) is 39.3 Å². The molecule has 0 saturated heterocycles. The second-order valence-electron chi connectivity index (χ2n) is 5.50. The van der Waals surface area contributed by atoms with Crippen molar-refractivity contribution in [2.45, 2.75) is 50.2 Å². The molecule has 7 heteroatoms. The quantitative estimate of drug-likeness (QED) is 0.844. The number of nitrogens with zero attached hydrogens (tertiary/aromatic N) is 4. The van der Waals surface area contributed by atoms with Gasteiger partial charge in [0, 0.05) is 18.0 Å².